The van der Waals surface area contributed by atoms with Crippen molar-refractivity contribution in [2.75, 3.05) is 18.4 Å². The number of rotatable bonds is 4. The number of amides is 1. The van der Waals surface area contributed by atoms with Crippen LogP contribution in [0.25, 0.3) is 0 Å². The zero-order valence-electron chi connectivity index (χ0n) is 14.5. The third-order valence-corrected chi connectivity index (χ3v) is 5.30. The molecule has 0 saturated carbocycles. The highest BCUT2D eigenvalue weighted by Crippen LogP contribution is 2.29. The van der Waals surface area contributed by atoms with Crippen molar-refractivity contribution < 1.29 is 9.53 Å². The fourth-order valence-electron chi connectivity index (χ4n) is 3.63. The molecule has 1 aromatic heterocycles. The van der Waals surface area contributed by atoms with Gasteiger partial charge in [-0.05, 0) is 48.7 Å². The number of benzene rings is 1. The van der Waals surface area contributed by atoms with Crippen molar-refractivity contribution in [2.24, 2.45) is 0 Å². The summed E-state index contributed by atoms with van der Waals surface area (Å²) in [6.45, 7) is 2.00. The van der Waals surface area contributed by atoms with Gasteiger partial charge < -0.3 is 15.0 Å². The van der Waals surface area contributed by atoms with Crippen molar-refractivity contribution in [3.63, 3.8) is 0 Å². The Morgan fingerprint density at radius 3 is 2.88 bits per heavy atom. The van der Waals surface area contributed by atoms with Crippen LogP contribution in [0.3, 0.4) is 0 Å². The van der Waals surface area contributed by atoms with Gasteiger partial charge in [-0.1, -0.05) is 17.7 Å². The molecule has 1 aromatic carbocycles. The van der Waals surface area contributed by atoms with E-state index in [9.17, 15) is 4.79 Å². The zero-order chi connectivity index (χ0) is 17.9. The van der Waals surface area contributed by atoms with Crippen LogP contribution in [0.5, 0.6) is 0 Å². The van der Waals surface area contributed by atoms with Crippen LogP contribution in [-0.4, -0.2) is 41.0 Å². The molecule has 1 atom stereocenters. The van der Waals surface area contributed by atoms with Gasteiger partial charge in [0, 0.05) is 36.4 Å². The number of nitrogens with one attached hydrogen (secondary N) is 1. The number of aromatic nitrogens is 1. The summed E-state index contributed by atoms with van der Waals surface area (Å²) in [5, 5.41) is 4.04. The first-order chi connectivity index (χ1) is 12.7. The van der Waals surface area contributed by atoms with E-state index in [1.54, 1.807) is 6.20 Å². The molecule has 5 nitrogen and oxygen atoms in total. The van der Waals surface area contributed by atoms with Crippen LogP contribution in [0.15, 0.2) is 42.6 Å². The molecule has 0 bridgehead atoms. The Morgan fingerprint density at radius 2 is 2.12 bits per heavy atom. The highest BCUT2D eigenvalue weighted by Gasteiger charge is 2.32. The number of hydrogen-bond acceptors (Lipinski definition) is 4. The highest BCUT2D eigenvalue weighted by molar-refractivity contribution is 6.30. The van der Waals surface area contributed by atoms with Crippen LogP contribution < -0.4 is 5.32 Å². The first kappa shape index (κ1) is 17.3. The van der Waals surface area contributed by atoms with Gasteiger partial charge in [0.1, 0.15) is 6.04 Å². The number of nitrogens with zero attached hydrogens (tertiary/aromatic N) is 2. The molecule has 26 heavy (non-hydrogen) atoms. The minimum atomic E-state index is -0.186. The van der Waals surface area contributed by atoms with Gasteiger partial charge in [-0.2, -0.15) is 0 Å². The van der Waals surface area contributed by atoms with Crippen molar-refractivity contribution >= 4 is 23.2 Å². The molecule has 0 unspecified atom stereocenters. The van der Waals surface area contributed by atoms with Gasteiger partial charge in [0.2, 0.25) is 5.91 Å². The summed E-state index contributed by atoms with van der Waals surface area (Å²) in [7, 11) is 0. The topological polar surface area (TPSA) is 54.5 Å². The molecule has 2 aromatic rings. The average molecular weight is 372 g/mol. The number of halogens is 1. The lowest BCUT2D eigenvalue weighted by molar-refractivity contribution is -0.134. The lowest BCUT2D eigenvalue weighted by Crippen LogP contribution is -2.47. The van der Waals surface area contributed by atoms with E-state index >= 15 is 0 Å². The number of piperidine rings is 1. The number of fused-ring (bicyclic) bond motifs is 1. The monoisotopic (exact) mass is 371 g/mol. The van der Waals surface area contributed by atoms with Crippen LogP contribution in [0.4, 0.5) is 5.69 Å². The Balaban J connectivity index is 1.26. The maximum atomic E-state index is 12.8. The van der Waals surface area contributed by atoms with E-state index in [0.29, 0.717) is 18.1 Å². The van der Waals surface area contributed by atoms with Gasteiger partial charge in [0.05, 0.1) is 18.4 Å². The molecule has 0 aliphatic carbocycles. The largest absolute Gasteiger partial charge is 0.373 e. The minimum Gasteiger partial charge on any atom is -0.373 e. The standard InChI is InChI=1S/C20H22ClN3O2/c21-15-4-5-18-14(11-15)12-19(23-18)20(25)24-9-6-17(7-10-24)26-13-16-3-1-2-8-22-16/h1-5,8,11,17,19,23H,6-7,9-10,12-13H2/t19-/m0/s1. The molecule has 0 spiro atoms. The van der Waals surface area contributed by atoms with Crippen LogP contribution in [0.2, 0.25) is 5.02 Å². The molecule has 1 saturated heterocycles. The number of carbonyl (C=O) groups is 1. The second-order valence-electron chi connectivity index (χ2n) is 6.86. The molecule has 3 heterocycles. The number of hydrogen-bond donors (Lipinski definition) is 1. The van der Waals surface area contributed by atoms with Crippen LogP contribution >= 0.6 is 11.6 Å². The lowest BCUT2D eigenvalue weighted by atomic mass is 10.0. The van der Waals surface area contributed by atoms with Gasteiger partial charge in [-0.3, -0.25) is 9.78 Å². The fourth-order valence-corrected chi connectivity index (χ4v) is 3.82. The van der Waals surface area contributed by atoms with Gasteiger partial charge in [-0.25, -0.2) is 0 Å². The summed E-state index contributed by atoms with van der Waals surface area (Å²) in [6, 6.07) is 11.4. The summed E-state index contributed by atoms with van der Waals surface area (Å²) in [5.41, 5.74) is 3.07. The highest BCUT2D eigenvalue weighted by atomic mass is 35.5. The fraction of sp³-hybridized carbons (Fsp3) is 0.400. The average Bonchev–Trinajstić information content (AvgIpc) is 3.10. The predicted molar refractivity (Wildman–Crippen MR) is 101 cm³/mol. The molecule has 1 fully saturated rings. The quantitative estimate of drug-likeness (QED) is 0.896. The molecule has 1 amide bonds. The molecule has 2 aliphatic heterocycles. The van der Waals surface area contributed by atoms with Crippen molar-refractivity contribution in [3.05, 3.63) is 58.9 Å². The molecular weight excluding hydrogens is 350 g/mol. The van der Waals surface area contributed by atoms with Gasteiger partial charge in [0.15, 0.2) is 0 Å². The first-order valence-corrected chi connectivity index (χ1v) is 9.42. The second-order valence-corrected chi connectivity index (χ2v) is 7.30. The normalized spacial score (nSPS) is 19.9. The zero-order valence-corrected chi connectivity index (χ0v) is 15.3. The maximum Gasteiger partial charge on any atom is 0.245 e. The van der Waals surface area contributed by atoms with E-state index in [-0.39, 0.29) is 18.1 Å². The summed E-state index contributed by atoms with van der Waals surface area (Å²) < 4.78 is 5.96. The Bertz CT molecular complexity index is 776. The smallest absolute Gasteiger partial charge is 0.245 e. The summed E-state index contributed by atoms with van der Waals surface area (Å²) in [4.78, 5) is 19.0. The van der Waals surface area contributed by atoms with E-state index in [1.807, 2.05) is 41.3 Å². The van der Waals surface area contributed by atoms with Crippen LogP contribution in [0.1, 0.15) is 24.1 Å². The Hall–Kier alpha value is -2.11. The second kappa shape index (κ2) is 7.64. The minimum absolute atomic E-state index is 0.167. The van der Waals surface area contributed by atoms with Crippen LogP contribution in [-0.2, 0) is 22.6 Å². The van der Waals surface area contributed by atoms with E-state index in [0.717, 1.165) is 42.9 Å². The summed E-state index contributed by atoms with van der Waals surface area (Å²) >= 11 is 6.05. The number of carbonyl (C=O) groups excluding carboxylic acids is 1. The summed E-state index contributed by atoms with van der Waals surface area (Å²) in [5.74, 6) is 0.167. The molecule has 136 valence electrons. The van der Waals surface area contributed by atoms with Gasteiger partial charge >= 0.3 is 0 Å². The van der Waals surface area contributed by atoms with E-state index in [1.165, 1.54) is 0 Å². The molecular formula is C20H22ClN3O2. The third-order valence-electron chi connectivity index (χ3n) is 5.07. The Morgan fingerprint density at radius 1 is 1.27 bits per heavy atom. The molecule has 0 radical (unpaired) electrons. The third kappa shape index (κ3) is 3.84. The number of anilines is 1. The maximum absolute atomic E-state index is 12.8. The van der Waals surface area contributed by atoms with Crippen LogP contribution in [0, 0.1) is 0 Å². The van der Waals surface area contributed by atoms with E-state index in [4.69, 9.17) is 16.3 Å². The Labute approximate surface area is 158 Å². The van der Waals surface area contributed by atoms with Crippen molar-refractivity contribution in [1.82, 2.24) is 9.88 Å². The number of ether oxygens (including phenoxy) is 1. The van der Waals surface area contributed by atoms with Gasteiger partial charge in [-0.15, -0.1) is 0 Å². The SMILES string of the molecule is O=C([C@@H]1Cc2cc(Cl)ccc2N1)N1CCC(OCc2ccccn2)CC1. The number of likely N-dealkylation sites (tertiary alicyclic amines) is 1. The molecule has 6 heteroatoms. The molecule has 2 aliphatic rings. The predicted octanol–water partition coefficient (Wildman–Crippen LogP) is 3.28. The lowest BCUT2D eigenvalue weighted by Gasteiger charge is -2.33. The van der Waals surface area contributed by atoms with E-state index < -0.39 is 0 Å². The summed E-state index contributed by atoms with van der Waals surface area (Å²) in [6.07, 6.45) is 4.40. The first-order valence-electron chi connectivity index (χ1n) is 9.04. The Kier molecular flexibility index (Phi) is 5.09. The van der Waals surface area contributed by atoms with Gasteiger partial charge in [0.25, 0.3) is 0 Å². The van der Waals surface area contributed by atoms with Crippen molar-refractivity contribution in [1.29, 1.82) is 0 Å². The number of pyridine rings is 1. The van der Waals surface area contributed by atoms with E-state index in [2.05, 4.69) is 10.3 Å². The van der Waals surface area contributed by atoms with Crippen molar-refractivity contribution in [2.45, 2.75) is 38.0 Å². The molecule has 1 N–H and O–H groups in total. The molecule has 4 rings (SSSR count). The van der Waals surface area contributed by atoms with Crippen molar-refractivity contribution in [3.8, 4) is 0 Å².